The van der Waals surface area contributed by atoms with Gasteiger partial charge in [0.2, 0.25) is 0 Å². The Bertz CT molecular complexity index is 1190. The van der Waals surface area contributed by atoms with Crippen molar-refractivity contribution < 1.29 is 19.4 Å². The largest absolute Gasteiger partial charge is 0.508 e. The maximum absolute atomic E-state index is 12.5. The van der Waals surface area contributed by atoms with Crippen LogP contribution in [0.4, 0.5) is 5.69 Å². The van der Waals surface area contributed by atoms with Gasteiger partial charge in [0.15, 0.2) is 11.5 Å². The Hall–Kier alpha value is -3.03. The highest BCUT2D eigenvalue weighted by Gasteiger charge is 2.14. The van der Waals surface area contributed by atoms with Crippen LogP contribution in [0.25, 0.3) is 6.08 Å². The van der Waals surface area contributed by atoms with E-state index in [4.69, 9.17) is 9.47 Å². The molecule has 32 heavy (non-hydrogen) atoms. The van der Waals surface area contributed by atoms with Crippen LogP contribution < -0.4 is 14.8 Å². The van der Waals surface area contributed by atoms with Crippen LogP contribution in [-0.4, -0.2) is 18.1 Å². The Morgan fingerprint density at radius 1 is 1.19 bits per heavy atom. The van der Waals surface area contributed by atoms with Crippen LogP contribution in [0, 0.1) is 14.9 Å². The van der Waals surface area contributed by atoms with E-state index in [1.54, 1.807) is 24.3 Å². The number of benzene rings is 3. The second-order valence-electron chi connectivity index (χ2n) is 6.62. The summed E-state index contributed by atoms with van der Waals surface area (Å²) >= 11 is 5.74. The van der Waals surface area contributed by atoms with Crippen molar-refractivity contribution in [3.63, 3.8) is 0 Å². The summed E-state index contributed by atoms with van der Waals surface area (Å²) in [6.07, 6.45) is 1.46. The van der Waals surface area contributed by atoms with Crippen molar-refractivity contribution in [3.8, 4) is 23.3 Å². The Morgan fingerprint density at radius 3 is 2.50 bits per heavy atom. The molecule has 0 aliphatic carbocycles. The summed E-state index contributed by atoms with van der Waals surface area (Å²) < 4.78 is 13.2. The zero-order valence-corrected chi connectivity index (χ0v) is 20.7. The zero-order valence-electron chi connectivity index (χ0n) is 16.9. The Labute approximate surface area is 207 Å². The first kappa shape index (κ1) is 23.6. The van der Waals surface area contributed by atoms with Gasteiger partial charge in [-0.3, -0.25) is 4.79 Å². The molecule has 0 saturated heterocycles. The van der Waals surface area contributed by atoms with Gasteiger partial charge in [-0.2, -0.15) is 5.26 Å². The maximum Gasteiger partial charge on any atom is 0.266 e. The number of nitrogens with zero attached hydrogens (tertiary/aromatic N) is 1. The molecule has 0 heterocycles. The van der Waals surface area contributed by atoms with E-state index in [9.17, 15) is 15.2 Å². The van der Waals surface area contributed by atoms with E-state index in [-0.39, 0.29) is 11.3 Å². The number of anilines is 1. The Morgan fingerprint density at radius 2 is 1.88 bits per heavy atom. The molecule has 3 aromatic rings. The first-order valence-electron chi connectivity index (χ1n) is 9.36. The van der Waals surface area contributed by atoms with E-state index >= 15 is 0 Å². The maximum atomic E-state index is 12.5. The molecule has 0 fully saturated rings. The summed E-state index contributed by atoms with van der Waals surface area (Å²) in [5.74, 6) is 0.509. The molecule has 0 aliphatic rings. The number of carbonyl (C=O) groups excluding carboxylic acids is 1. The van der Waals surface area contributed by atoms with Gasteiger partial charge in [0.25, 0.3) is 5.91 Å². The van der Waals surface area contributed by atoms with Gasteiger partial charge >= 0.3 is 0 Å². The predicted molar refractivity (Wildman–Crippen MR) is 135 cm³/mol. The molecule has 162 valence electrons. The lowest BCUT2D eigenvalue weighted by atomic mass is 10.1. The number of methoxy groups -OCH3 is 1. The number of halogens is 2. The van der Waals surface area contributed by atoms with Gasteiger partial charge in [-0.25, -0.2) is 0 Å². The van der Waals surface area contributed by atoms with Crippen molar-refractivity contribution in [2.45, 2.75) is 6.61 Å². The monoisotopic (exact) mass is 604 g/mol. The van der Waals surface area contributed by atoms with E-state index in [0.717, 1.165) is 9.13 Å². The van der Waals surface area contributed by atoms with Crippen LogP contribution in [0.3, 0.4) is 0 Å². The lowest BCUT2D eigenvalue weighted by Crippen LogP contribution is -2.13. The van der Waals surface area contributed by atoms with Crippen molar-refractivity contribution in [1.29, 1.82) is 5.26 Å². The van der Waals surface area contributed by atoms with Gasteiger partial charge in [0, 0.05) is 9.26 Å². The molecular weight excluding hydrogens is 587 g/mol. The molecule has 0 radical (unpaired) electrons. The molecule has 6 nitrogen and oxygen atoms in total. The van der Waals surface area contributed by atoms with E-state index in [0.29, 0.717) is 33.8 Å². The molecule has 0 spiro atoms. The summed E-state index contributed by atoms with van der Waals surface area (Å²) in [7, 11) is 1.52. The van der Waals surface area contributed by atoms with Crippen molar-refractivity contribution in [2.75, 3.05) is 12.4 Å². The molecule has 2 N–H and O–H groups in total. The number of nitrogens with one attached hydrogen (secondary N) is 1. The summed E-state index contributed by atoms with van der Waals surface area (Å²) in [5, 5.41) is 21.5. The van der Waals surface area contributed by atoms with E-state index in [1.807, 2.05) is 30.3 Å². The van der Waals surface area contributed by atoms with Gasteiger partial charge in [-0.05, 0) is 104 Å². The number of carbonyl (C=O) groups is 1. The third-order valence-corrected chi connectivity index (χ3v) is 5.66. The average Bonchev–Trinajstić information content (AvgIpc) is 2.79. The molecular formula is C24H18BrIN2O4. The van der Waals surface area contributed by atoms with Crippen LogP contribution >= 0.6 is 38.5 Å². The molecule has 3 aromatic carbocycles. The molecule has 0 aliphatic heterocycles. The highest BCUT2D eigenvalue weighted by atomic mass is 127. The Balaban J connectivity index is 1.80. The summed E-state index contributed by atoms with van der Waals surface area (Å²) in [6, 6.07) is 19.3. The van der Waals surface area contributed by atoms with Gasteiger partial charge < -0.3 is 19.9 Å². The molecule has 3 rings (SSSR count). The average molecular weight is 605 g/mol. The summed E-state index contributed by atoms with van der Waals surface area (Å²) in [5.41, 5.74) is 1.99. The van der Waals surface area contributed by atoms with Gasteiger partial charge in [-0.15, -0.1) is 0 Å². The van der Waals surface area contributed by atoms with Crippen LogP contribution in [-0.2, 0) is 11.4 Å². The van der Waals surface area contributed by atoms with Crippen LogP contribution in [0.5, 0.6) is 17.2 Å². The summed E-state index contributed by atoms with van der Waals surface area (Å²) in [6.45, 7) is 0.361. The quantitative estimate of drug-likeness (QED) is 0.152. The van der Waals surface area contributed by atoms with Crippen LogP contribution in [0.2, 0.25) is 0 Å². The van der Waals surface area contributed by atoms with Crippen LogP contribution in [0.15, 0.2) is 70.7 Å². The number of phenolic OH excluding ortho intramolecular Hbond substituents is 1. The second kappa shape index (κ2) is 11.0. The first-order chi connectivity index (χ1) is 15.4. The fourth-order valence-corrected chi connectivity index (χ4v) is 3.69. The van der Waals surface area contributed by atoms with Crippen molar-refractivity contribution in [3.05, 3.63) is 85.4 Å². The Kier molecular flexibility index (Phi) is 8.14. The van der Waals surface area contributed by atoms with Crippen molar-refractivity contribution in [2.24, 2.45) is 0 Å². The second-order valence-corrected chi connectivity index (χ2v) is 8.72. The van der Waals surface area contributed by atoms with E-state index in [2.05, 4.69) is 43.8 Å². The number of ether oxygens (including phenoxy) is 2. The number of rotatable bonds is 7. The molecule has 1 amide bonds. The predicted octanol–water partition coefficient (Wildman–Crippen LogP) is 5.89. The smallest absolute Gasteiger partial charge is 0.266 e. The molecule has 0 atom stereocenters. The number of nitriles is 1. The number of amides is 1. The van der Waals surface area contributed by atoms with Crippen molar-refractivity contribution in [1.82, 2.24) is 0 Å². The third-order valence-electron chi connectivity index (χ3n) is 4.35. The number of hydrogen-bond acceptors (Lipinski definition) is 5. The lowest BCUT2D eigenvalue weighted by molar-refractivity contribution is -0.112. The standard InChI is InChI=1S/C24H18BrIN2O4/c1-31-22-12-16(10-17(13-27)24(30)28-19-6-8-20(29)9-7-19)11-21(25)23(22)32-14-15-2-4-18(26)5-3-15/h2-12,29H,14H2,1H3,(H,28,30)/b17-10+. The molecule has 0 saturated carbocycles. The van der Waals surface area contributed by atoms with E-state index < -0.39 is 5.91 Å². The van der Waals surface area contributed by atoms with Gasteiger partial charge in [-0.1, -0.05) is 12.1 Å². The van der Waals surface area contributed by atoms with Gasteiger partial charge in [0.05, 0.1) is 11.6 Å². The fraction of sp³-hybridized carbons (Fsp3) is 0.0833. The first-order valence-corrected chi connectivity index (χ1v) is 11.2. The number of hydrogen-bond donors (Lipinski definition) is 2. The summed E-state index contributed by atoms with van der Waals surface area (Å²) in [4.78, 5) is 12.5. The molecule has 0 unspecified atom stereocenters. The zero-order chi connectivity index (χ0) is 23.1. The SMILES string of the molecule is COc1cc(/C=C(\C#N)C(=O)Nc2ccc(O)cc2)cc(Br)c1OCc1ccc(I)cc1. The van der Waals surface area contributed by atoms with Crippen molar-refractivity contribution >= 4 is 56.2 Å². The highest BCUT2D eigenvalue weighted by Crippen LogP contribution is 2.38. The normalized spacial score (nSPS) is 10.9. The minimum absolute atomic E-state index is 0.0836. The number of phenols is 1. The molecule has 0 bridgehead atoms. The van der Waals surface area contributed by atoms with Crippen LogP contribution in [0.1, 0.15) is 11.1 Å². The van der Waals surface area contributed by atoms with E-state index in [1.165, 1.54) is 25.3 Å². The number of aromatic hydroxyl groups is 1. The molecule has 8 heteroatoms. The third kappa shape index (κ3) is 6.24. The fourth-order valence-electron chi connectivity index (χ4n) is 2.76. The highest BCUT2D eigenvalue weighted by molar-refractivity contribution is 14.1. The topological polar surface area (TPSA) is 91.6 Å². The minimum atomic E-state index is -0.563. The van der Waals surface area contributed by atoms with Gasteiger partial charge in [0.1, 0.15) is 24.0 Å². The minimum Gasteiger partial charge on any atom is -0.508 e. The molecule has 0 aromatic heterocycles. The lowest BCUT2D eigenvalue weighted by Gasteiger charge is -2.14.